The topological polar surface area (TPSA) is 109 Å². The van der Waals surface area contributed by atoms with E-state index in [9.17, 15) is 14.4 Å². The molecule has 0 aliphatic carbocycles. The SMILES string of the molecule is Cc1cc2oc(=O)cc(COC(=O)COc3ccccc3C(N)=O)c2cc1C. The van der Waals surface area contributed by atoms with Crippen LogP contribution in [0, 0.1) is 13.8 Å². The van der Waals surface area contributed by atoms with Crippen LogP contribution >= 0.6 is 0 Å². The number of benzene rings is 2. The Kier molecular flexibility index (Phi) is 5.44. The predicted octanol–water partition coefficient (Wildman–Crippen LogP) is 2.63. The highest BCUT2D eigenvalue weighted by atomic mass is 16.6. The number of carbonyl (C=O) groups excluding carboxylic acids is 2. The number of rotatable bonds is 6. The monoisotopic (exact) mass is 381 g/mol. The van der Waals surface area contributed by atoms with Crippen molar-refractivity contribution >= 4 is 22.8 Å². The van der Waals surface area contributed by atoms with Crippen LogP contribution in [0.2, 0.25) is 0 Å². The van der Waals surface area contributed by atoms with E-state index in [4.69, 9.17) is 19.6 Å². The maximum Gasteiger partial charge on any atom is 0.344 e. The zero-order valence-corrected chi connectivity index (χ0v) is 15.5. The van der Waals surface area contributed by atoms with Crippen molar-refractivity contribution in [1.29, 1.82) is 0 Å². The van der Waals surface area contributed by atoms with E-state index in [-0.39, 0.29) is 17.9 Å². The van der Waals surface area contributed by atoms with E-state index in [2.05, 4.69) is 0 Å². The lowest BCUT2D eigenvalue weighted by Crippen LogP contribution is -2.18. The first-order valence-corrected chi connectivity index (χ1v) is 8.56. The number of esters is 1. The fourth-order valence-corrected chi connectivity index (χ4v) is 2.74. The highest BCUT2D eigenvalue weighted by molar-refractivity contribution is 5.95. The summed E-state index contributed by atoms with van der Waals surface area (Å²) in [5, 5.41) is 0.704. The Labute approximate surface area is 160 Å². The second-order valence-electron chi connectivity index (χ2n) is 6.33. The highest BCUT2D eigenvalue weighted by Crippen LogP contribution is 2.22. The number of amides is 1. The molecule has 7 heteroatoms. The van der Waals surface area contributed by atoms with E-state index < -0.39 is 24.1 Å². The van der Waals surface area contributed by atoms with Crippen LogP contribution < -0.4 is 16.1 Å². The largest absolute Gasteiger partial charge is 0.481 e. The van der Waals surface area contributed by atoms with Crippen molar-refractivity contribution in [1.82, 2.24) is 0 Å². The molecule has 1 aromatic heterocycles. The van der Waals surface area contributed by atoms with Gasteiger partial charge in [0.2, 0.25) is 0 Å². The van der Waals surface area contributed by atoms with Crippen molar-refractivity contribution in [2.75, 3.05) is 6.61 Å². The van der Waals surface area contributed by atoms with Gasteiger partial charge in [-0.05, 0) is 49.2 Å². The minimum absolute atomic E-state index is 0.107. The number of fused-ring (bicyclic) bond motifs is 1. The van der Waals surface area contributed by atoms with Crippen LogP contribution in [0.15, 0.2) is 51.7 Å². The molecule has 2 N–H and O–H groups in total. The van der Waals surface area contributed by atoms with E-state index in [0.717, 1.165) is 11.1 Å². The maximum absolute atomic E-state index is 12.0. The molecule has 0 bridgehead atoms. The van der Waals surface area contributed by atoms with Crippen molar-refractivity contribution in [3.8, 4) is 5.75 Å². The van der Waals surface area contributed by atoms with Gasteiger partial charge in [0.25, 0.3) is 5.91 Å². The average molecular weight is 381 g/mol. The number of para-hydroxylation sites is 1. The van der Waals surface area contributed by atoms with Gasteiger partial charge in [0.05, 0.1) is 5.56 Å². The molecule has 0 saturated carbocycles. The van der Waals surface area contributed by atoms with Crippen LogP contribution in [0.3, 0.4) is 0 Å². The lowest BCUT2D eigenvalue weighted by atomic mass is 10.0. The molecule has 144 valence electrons. The third-order valence-electron chi connectivity index (χ3n) is 4.33. The molecule has 0 atom stereocenters. The lowest BCUT2D eigenvalue weighted by molar-refractivity contribution is -0.147. The first-order valence-electron chi connectivity index (χ1n) is 8.56. The van der Waals surface area contributed by atoms with Gasteiger partial charge in [-0.1, -0.05) is 12.1 Å². The number of nitrogens with two attached hydrogens (primary N) is 1. The van der Waals surface area contributed by atoms with E-state index >= 15 is 0 Å². The minimum Gasteiger partial charge on any atom is -0.481 e. The molecule has 0 aliphatic rings. The lowest BCUT2D eigenvalue weighted by Gasteiger charge is -2.11. The second kappa shape index (κ2) is 7.96. The quantitative estimate of drug-likeness (QED) is 0.519. The minimum atomic E-state index is -0.655. The van der Waals surface area contributed by atoms with Gasteiger partial charge in [-0.15, -0.1) is 0 Å². The normalized spacial score (nSPS) is 10.6. The summed E-state index contributed by atoms with van der Waals surface area (Å²) in [6.07, 6.45) is 0. The molecule has 3 rings (SSSR count). The Hall–Kier alpha value is -3.61. The number of primary amides is 1. The molecule has 2 aromatic carbocycles. The van der Waals surface area contributed by atoms with Gasteiger partial charge in [-0.25, -0.2) is 9.59 Å². The summed E-state index contributed by atoms with van der Waals surface area (Å²) in [5.74, 6) is -1.11. The standard InChI is InChI=1S/C21H19NO6/c1-12-7-16-14(9-19(23)28-18(16)8-13(12)2)10-27-20(24)11-26-17-6-4-3-5-15(17)21(22)25/h3-9H,10-11H2,1-2H3,(H2,22,25). The third kappa shape index (κ3) is 4.20. The van der Waals surface area contributed by atoms with Crippen LogP contribution in [0.25, 0.3) is 11.0 Å². The van der Waals surface area contributed by atoms with Crippen LogP contribution in [-0.2, 0) is 16.1 Å². The zero-order valence-electron chi connectivity index (χ0n) is 15.5. The molecule has 1 heterocycles. The molecule has 7 nitrogen and oxygen atoms in total. The van der Waals surface area contributed by atoms with Gasteiger partial charge < -0.3 is 19.6 Å². The molecule has 0 fully saturated rings. The van der Waals surface area contributed by atoms with Gasteiger partial charge in [-0.3, -0.25) is 4.79 Å². The highest BCUT2D eigenvalue weighted by Gasteiger charge is 2.13. The van der Waals surface area contributed by atoms with Gasteiger partial charge in [-0.2, -0.15) is 0 Å². The second-order valence-corrected chi connectivity index (χ2v) is 6.33. The van der Waals surface area contributed by atoms with Crippen molar-refractivity contribution < 1.29 is 23.5 Å². The Morgan fingerprint density at radius 2 is 1.79 bits per heavy atom. The number of ether oxygens (including phenoxy) is 2. The van der Waals surface area contributed by atoms with Crippen molar-refractivity contribution in [2.24, 2.45) is 5.73 Å². The van der Waals surface area contributed by atoms with Crippen molar-refractivity contribution in [2.45, 2.75) is 20.5 Å². The molecule has 0 unspecified atom stereocenters. The molecule has 28 heavy (non-hydrogen) atoms. The molecule has 1 amide bonds. The molecule has 0 spiro atoms. The summed E-state index contributed by atoms with van der Waals surface area (Å²) in [7, 11) is 0. The third-order valence-corrected chi connectivity index (χ3v) is 4.33. The summed E-state index contributed by atoms with van der Waals surface area (Å²) in [6, 6.07) is 11.3. The number of aryl methyl sites for hydroxylation is 2. The summed E-state index contributed by atoms with van der Waals surface area (Å²) in [5.41, 5.74) is 7.93. The first kappa shape index (κ1) is 19.2. The van der Waals surface area contributed by atoms with E-state index in [1.807, 2.05) is 19.9 Å². The number of hydrogen-bond donors (Lipinski definition) is 1. The Bertz CT molecular complexity index is 1120. The zero-order chi connectivity index (χ0) is 20.3. The van der Waals surface area contributed by atoms with Gasteiger partial charge >= 0.3 is 11.6 Å². The molecule has 0 saturated heterocycles. The van der Waals surface area contributed by atoms with Crippen LogP contribution in [0.5, 0.6) is 5.75 Å². The molecule has 0 aliphatic heterocycles. The smallest absolute Gasteiger partial charge is 0.344 e. The van der Waals surface area contributed by atoms with Crippen LogP contribution in [0.4, 0.5) is 0 Å². The fraction of sp³-hybridized carbons (Fsp3) is 0.190. The van der Waals surface area contributed by atoms with E-state index in [1.54, 1.807) is 18.2 Å². The van der Waals surface area contributed by atoms with E-state index in [1.165, 1.54) is 18.2 Å². The summed E-state index contributed by atoms with van der Waals surface area (Å²) in [4.78, 5) is 35.2. The van der Waals surface area contributed by atoms with Crippen LogP contribution in [0.1, 0.15) is 27.0 Å². The van der Waals surface area contributed by atoms with E-state index in [0.29, 0.717) is 16.5 Å². The predicted molar refractivity (Wildman–Crippen MR) is 102 cm³/mol. The summed E-state index contributed by atoms with van der Waals surface area (Å²) in [6.45, 7) is 3.36. The molecular weight excluding hydrogens is 362 g/mol. The molecule has 0 radical (unpaired) electrons. The van der Waals surface area contributed by atoms with Crippen LogP contribution in [-0.4, -0.2) is 18.5 Å². The molecular formula is C21H19NO6. The summed E-state index contributed by atoms with van der Waals surface area (Å²) < 4.78 is 15.8. The molecule has 3 aromatic rings. The fourth-order valence-electron chi connectivity index (χ4n) is 2.74. The van der Waals surface area contributed by atoms with Gasteiger partial charge in [0.15, 0.2) is 6.61 Å². The maximum atomic E-state index is 12.0. The number of hydrogen-bond acceptors (Lipinski definition) is 6. The first-order chi connectivity index (χ1) is 13.3. The number of carbonyl (C=O) groups is 2. The van der Waals surface area contributed by atoms with Crippen molar-refractivity contribution in [3.05, 3.63) is 75.1 Å². The average Bonchev–Trinajstić information content (AvgIpc) is 2.66. The van der Waals surface area contributed by atoms with Gasteiger partial charge in [0, 0.05) is 17.0 Å². The Morgan fingerprint density at radius 1 is 1.07 bits per heavy atom. The van der Waals surface area contributed by atoms with Gasteiger partial charge in [0.1, 0.15) is 17.9 Å². The van der Waals surface area contributed by atoms with Crippen molar-refractivity contribution in [3.63, 3.8) is 0 Å². The Morgan fingerprint density at radius 3 is 2.54 bits per heavy atom. The summed E-state index contributed by atoms with van der Waals surface area (Å²) >= 11 is 0. The Balaban J connectivity index is 1.71.